The van der Waals surface area contributed by atoms with E-state index in [0.717, 1.165) is 18.5 Å². The zero-order chi connectivity index (χ0) is 15.5. The van der Waals surface area contributed by atoms with Gasteiger partial charge in [0, 0.05) is 12.1 Å². The average Bonchev–Trinajstić information content (AvgIpc) is 2.54. The average molecular weight is 298 g/mol. The number of amides is 1. The van der Waals surface area contributed by atoms with Gasteiger partial charge < -0.3 is 10.6 Å². The Balaban J connectivity index is 1.77. The molecule has 3 nitrogen and oxygen atoms in total. The van der Waals surface area contributed by atoms with Gasteiger partial charge in [0.15, 0.2) is 0 Å². The van der Waals surface area contributed by atoms with E-state index in [-0.39, 0.29) is 23.8 Å². The Morgan fingerprint density at radius 1 is 1.23 bits per heavy atom. The van der Waals surface area contributed by atoms with E-state index in [1.807, 2.05) is 18.2 Å². The fourth-order valence-electron chi connectivity index (χ4n) is 2.94. The molecule has 0 aliphatic carbocycles. The number of fused-ring (bicyclic) bond motifs is 1. The third-order valence-corrected chi connectivity index (χ3v) is 4.10. The highest BCUT2D eigenvalue weighted by molar-refractivity contribution is 5.84. The second-order valence-corrected chi connectivity index (χ2v) is 5.59. The smallest absolute Gasteiger partial charge is 0.242 e. The van der Waals surface area contributed by atoms with E-state index in [2.05, 4.69) is 16.7 Å². The largest absolute Gasteiger partial charge is 0.348 e. The van der Waals surface area contributed by atoms with Crippen LogP contribution in [0.25, 0.3) is 0 Å². The van der Waals surface area contributed by atoms with E-state index in [9.17, 15) is 9.18 Å². The zero-order valence-corrected chi connectivity index (χ0v) is 12.5. The number of carbonyl (C=O) groups excluding carboxylic acids is 1. The summed E-state index contributed by atoms with van der Waals surface area (Å²) in [6.45, 7) is 2.56. The van der Waals surface area contributed by atoms with Gasteiger partial charge in [-0.2, -0.15) is 0 Å². The molecule has 2 atom stereocenters. The van der Waals surface area contributed by atoms with E-state index < -0.39 is 0 Å². The minimum absolute atomic E-state index is 0.122. The summed E-state index contributed by atoms with van der Waals surface area (Å²) in [7, 11) is 0. The summed E-state index contributed by atoms with van der Waals surface area (Å²) in [4.78, 5) is 12.6. The van der Waals surface area contributed by atoms with Gasteiger partial charge in [-0.1, -0.05) is 42.5 Å². The van der Waals surface area contributed by atoms with E-state index >= 15 is 0 Å². The molecule has 1 amide bonds. The lowest BCUT2D eigenvalue weighted by molar-refractivity contribution is -0.124. The van der Waals surface area contributed by atoms with Gasteiger partial charge in [0.25, 0.3) is 0 Å². The van der Waals surface area contributed by atoms with Crippen molar-refractivity contribution in [2.75, 3.05) is 6.54 Å². The predicted molar refractivity (Wildman–Crippen MR) is 83.8 cm³/mol. The summed E-state index contributed by atoms with van der Waals surface area (Å²) in [5.41, 5.74) is 2.70. The van der Waals surface area contributed by atoms with Crippen LogP contribution in [0.15, 0.2) is 48.5 Å². The van der Waals surface area contributed by atoms with E-state index in [1.54, 1.807) is 25.1 Å². The molecule has 0 spiro atoms. The number of benzene rings is 2. The Bertz CT molecular complexity index is 686. The van der Waals surface area contributed by atoms with Crippen molar-refractivity contribution < 1.29 is 9.18 Å². The van der Waals surface area contributed by atoms with Crippen molar-refractivity contribution in [3.8, 4) is 0 Å². The molecule has 0 fully saturated rings. The highest BCUT2D eigenvalue weighted by atomic mass is 19.1. The first-order chi connectivity index (χ1) is 10.7. The highest BCUT2D eigenvalue weighted by Crippen LogP contribution is 2.24. The second-order valence-electron chi connectivity index (χ2n) is 5.59. The Morgan fingerprint density at radius 2 is 1.95 bits per heavy atom. The Labute approximate surface area is 129 Å². The Kier molecular flexibility index (Phi) is 4.20. The molecule has 22 heavy (non-hydrogen) atoms. The molecule has 1 unspecified atom stereocenters. The standard InChI is InChI=1S/C18H19FN2O/c1-12(14-7-4-5-9-16(14)19)21-18(22)17-15-8-3-2-6-13(15)10-11-20-17/h2-9,12,17,20H,10-11H2,1H3,(H,21,22)/t12-,17?/m1/s1. The van der Waals surface area contributed by atoms with E-state index in [1.165, 1.54) is 11.6 Å². The first kappa shape index (κ1) is 14.7. The first-order valence-corrected chi connectivity index (χ1v) is 7.53. The second kappa shape index (κ2) is 6.28. The number of rotatable bonds is 3. The number of nitrogens with one attached hydrogen (secondary N) is 2. The Morgan fingerprint density at radius 3 is 2.77 bits per heavy atom. The number of hydrogen-bond donors (Lipinski definition) is 2. The molecule has 0 radical (unpaired) electrons. The number of halogens is 1. The Hall–Kier alpha value is -2.20. The summed E-state index contributed by atoms with van der Waals surface area (Å²) in [5, 5.41) is 6.15. The van der Waals surface area contributed by atoms with Gasteiger partial charge >= 0.3 is 0 Å². The van der Waals surface area contributed by atoms with E-state index in [4.69, 9.17) is 0 Å². The predicted octanol–water partition coefficient (Wildman–Crippen LogP) is 2.89. The normalized spacial score (nSPS) is 18.4. The molecule has 0 bridgehead atoms. The van der Waals surface area contributed by atoms with Crippen molar-refractivity contribution in [1.82, 2.24) is 10.6 Å². The lowest BCUT2D eigenvalue weighted by atomic mass is 9.93. The molecule has 1 aliphatic heterocycles. The van der Waals surface area contributed by atoms with Crippen LogP contribution in [0.2, 0.25) is 0 Å². The van der Waals surface area contributed by atoms with Crippen LogP contribution in [0.1, 0.15) is 35.7 Å². The summed E-state index contributed by atoms with van der Waals surface area (Å²) in [6.07, 6.45) is 0.919. The summed E-state index contributed by atoms with van der Waals surface area (Å²) >= 11 is 0. The van der Waals surface area contributed by atoms with E-state index in [0.29, 0.717) is 5.56 Å². The molecule has 2 aromatic carbocycles. The highest BCUT2D eigenvalue weighted by Gasteiger charge is 2.27. The maximum Gasteiger partial charge on any atom is 0.242 e. The van der Waals surface area contributed by atoms with Crippen molar-refractivity contribution in [2.45, 2.75) is 25.4 Å². The van der Waals surface area contributed by atoms with Crippen molar-refractivity contribution >= 4 is 5.91 Å². The van der Waals surface area contributed by atoms with Crippen LogP contribution in [-0.4, -0.2) is 12.5 Å². The molecular weight excluding hydrogens is 279 g/mol. The van der Waals surface area contributed by atoms with Crippen LogP contribution in [0.3, 0.4) is 0 Å². The van der Waals surface area contributed by atoms with Crippen molar-refractivity contribution in [1.29, 1.82) is 0 Å². The molecule has 0 saturated heterocycles. The first-order valence-electron chi connectivity index (χ1n) is 7.53. The minimum Gasteiger partial charge on any atom is -0.348 e. The molecule has 2 aromatic rings. The lowest BCUT2D eigenvalue weighted by Crippen LogP contribution is -2.42. The van der Waals surface area contributed by atoms with Crippen LogP contribution in [-0.2, 0) is 11.2 Å². The molecule has 0 saturated carbocycles. The molecule has 114 valence electrons. The fourth-order valence-corrected chi connectivity index (χ4v) is 2.94. The molecule has 3 rings (SSSR count). The van der Waals surface area contributed by atoms with Gasteiger partial charge in [-0.05, 0) is 30.5 Å². The topological polar surface area (TPSA) is 41.1 Å². The van der Waals surface area contributed by atoms with Crippen LogP contribution in [0, 0.1) is 5.82 Å². The SMILES string of the molecule is C[C@@H](NC(=O)C1NCCc2ccccc21)c1ccccc1F. The van der Waals surface area contributed by atoms with Gasteiger partial charge in [-0.3, -0.25) is 4.79 Å². The third-order valence-electron chi connectivity index (χ3n) is 4.10. The molecule has 1 heterocycles. The van der Waals surface area contributed by atoms with Crippen LogP contribution in [0.5, 0.6) is 0 Å². The van der Waals surface area contributed by atoms with Crippen molar-refractivity contribution in [3.63, 3.8) is 0 Å². The van der Waals surface area contributed by atoms with Crippen LogP contribution in [0.4, 0.5) is 4.39 Å². The monoisotopic (exact) mass is 298 g/mol. The van der Waals surface area contributed by atoms with Gasteiger partial charge in [0.05, 0.1) is 6.04 Å². The zero-order valence-electron chi connectivity index (χ0n) is 12.5. The maximum atomic E-state index is 13.8. The molecule has 4 heteroatoms. The van der Waals surface area contributed by atoms with Crippen LogP contribution >= 0.6 is 0 Å². The quantitative estimate of drug-likeness (QED) is 0.915. The fraction of sp³-hybridized carbons (Fsp3) is 0.278. The summed E-state index contributed by atoms with van der Waals surface area (Å²) in [5.74, 6) is -0.421. The van der Waals surface area contributed by atoms with Gasteiger partial charge in [0.1, 0.15) is 11.9 Å². The lowest BCUT2D eigenvalue weighted by Gasteiger charge is -2.27. The van der Waals surface area contributed by atoms with Crippen molar-refractivity contribution in [3.05, 3.63) is 71.0 Å². The molecular formula is C18H19FN2O. The summed E-state index contributed by atoms with van der Waals surface area (Å²) in [6, 6.07) is 13.7. The maximum absolute atomic E-state index is 13.8. The third kappa shape index (κ3) is 2.88. The minimum atomic E-state index is -0.376. The number of carbonyl (C=O) groups is 1. The van der Waals surface area contributed by atoms with Gasteiger partial charge in [-0.25, -0.2) is 4.39 Å². The van der Waals surface area contributed by atoms with Crippen molar-refractivity contribution in [2.24, 2.45) is 0 Å². The number of hydrogen-bond acceptors (Lipinski definition) is 2. The molecule has 1 aliphatic rings. The van der Waals surface area contributed by atoms with Gasteiger partial charge in [0.2, 0.25) is 5.91 Å². The molecule has 2 N–H and O–H groups in total. The molecule has 0 aromatic heterocycles. The van der Waals surface area contributed by atoms with Crippen LogP contribution < -0.4 is 10.6 Å². The summed E-state index contributed by atoms with van der Waals surface area (Å²) < 4.78 is 13.8. The van der Waals surface area contributed by atoms with Gasteiger partial charge in [-0.15, -0.1) is 0 Å².